The first-order valence-electron chi connectivity index (χ1n) is 8.84. The molecule has 4 heterocycles. The second kappa shape index (κ2) is 7.33. The fourth-order valence-corrected chi connectivity index (χ4v) is 3.60. The van der Waals surface area contributed by atoms with Crippen LogP contribution in [-0.4, -0.2) is 21.0 Å². The first kappa shape index (κ1) is 17.3. The van der Waals surface area contributed by atoms with E-state index in [2.05, 4.69) is 20.4 Å². The number of benzene rings is 1. The van der Waals surface area contributed by atoms with Crippen molar-refractivity contribution < 1.29 is 13.7 Å². The molecule has 0 saturated heterocycles. The molecule has 5 aromatic rings. The lowest BCUT2D eigenvalue weighted by Crippen LogP contribution is -2.22. The van der Waals surface area contributed by atoms with Gasteiger partial charge in [0.1, 0.15) is 17.7 Å². The molecular weight excluding hydrogens is 388 g/mol. The third-order valence-corrected chi connectivity index (χ3v) is 5.27. The molecule has 0 radical (unpaired) electrons. The Balaban J connectivity index is 1.42. The van der Waals surface area contributed by atoms with Crippen molar-refractivity contribution in [2.24, 2.45) is 0 Å². The molecule has 1 amide bonds. The number of hydrogen-bond acceptors (Lipinski definition) is 7. The Hall–Kier alpha value is -3.78. The summed E-state index contributed by atoms with van der Waals surface area (Å²) in [6.45, 7) is 0.420. The van der Waals surface area contributed by atoms with Gasteiger partial charge in [0.05, 0.1) is 10.3 Å². The molecule has 8 heteroatoms. The molecule has 0 atom stereocenters. The van der Waals surface area contributed by atoms with E-state index in [4.69, 9.17) is 8.94 Å². The third kappa shape index (κ3) is 3.41. The van der Waals surface area contributed by atoms with Crippen LogP contribution in [0.1, 0.15) is 15.9 Å². The number of thiophene rings is 1. The van der Waals surface area contributed by atoms with E-state index in [-0.39, 0.29) is 5.91 Å². The van der Waals surface area contributed by atoms with E-state index in [0.29, 0.717) is 40.4 Å². The molecule has 0 aliphatic rings. The Morgan fingerprint density at radius 3 is 2.86 bits per heavy atom. The Morgan fingerprint density at radius 2 is 2.03 bits per heavy atom. The van der Waals surface area contributed by atoms with E-state index in [0.717, 1.165) is 10.4 Å². The summed E-state index contributed by atoms with van der Waals surface area (Å²) in [5.41, 5.74) is 3.16. The van der Waals surface area contributed by atoms with Crippen molar-refractivity contribution in [1.29, 1.82) is 0 Å². The largest absolute Gasteiger partial charge is 0.443 e. The van der Waals surface area contributed by atoms with Crippen molar-refractivity contribution >= 4 is 28.2 Å². The van der Waals surface area contributed by atoms with Gasteiger partial charge in [0.25, 0.3) is 5.91 Å². The monoisotopic (exact) mass is 402 g/mol. The number of carbonyl (C=O) groups excluding carboxylic acids is 1. The maximum atomic E-state index is 12.6. The lowest BCUT2D eigenvalue weighted by atomic mass is 10.1. The Morgan fingerprint density at radius 1 is 1.14 bits per heavy atom. The highest BCUT2D eigenvalue weighted by molar-refractivity contribution is 7.13. The maximum absolute atomic E-state index is 12.6. The predicted molar refractivity (Wildman–Crippen MR) is 108 cm³/mol. The maximum Gasteiger partial charge on any atom is 0.251 e. The smallest absolute Gasteiger partial charge is 0.251 e. The number of pyridine rings is 1. The first-order chi connectivity index (χ1) is 14.3. The van der Waals surface area contributed by atoms with E-state index >= 15 is 0 Å². The average molecular weight is 402 g/mol. The molecule has 4 aromatic heterocycles. The van der Waals surface area contributed by atoms with Gasteiger partial charge in [-0.15, -0.1) is 11.3 Å². The molecule has 142 valence electrons. The van der Waals surface area contributed by atoms with Gasteiger partial charge in [0.15, 0.2) is 5.58 Å². The van der Waals surface area contributed by atoms with Gasteiger partial charge in [-0.05, 0) is 47.3 Å². The SMILES string of the molecule is O=C(NCc1ccncc1)c1ccc2onc(-c3coc(-c4cccs4)n3)c2c1. The average Bonchev–Trinajstić information content (AvgIpc) is 3.52. The van der Waals surface area contributed by atoms with Gasteiger partial charge in [-0.25, -0.2) is 4.98 Å². The quantitative estimate of drug-likeness (QED) is 0.464. The molecular formula is C21H14N4O3S. The van der Waals surface area contributed by atoms with Crippen LogP contribution in [0.25, 0.3) is 33.1 Å². The highest BCUT2D eigenvalue weighted by Gasteiger charge is 2.18. The van der Waals surface area contributed by atoms with Crippen molar-refractivity contribution in [3.63, 3.8) is 0 Å². The molecule has 0 aliphatic carbocycles. The molecule has 1 aromatic carbocycles. The minimum absolute atomic E-state index is 0.185. The minimum atomic E-state index is -0.185. The second-order valence-electron chi connectivity index (χ2n) is 6.30. The van der Waals surface area contributed by atoms with Crippen molar-refractivity contribution in [3.05, 3.63) is 77.6 Å². The summed E-state index contributed by atoms with van der Waals surface area (Å²) in [6, 6.07) is 12.8. The number of oxazole rings is 1. The molecule has 1 N–H and O–H groups in total. The van der Waals surface area contributed by atoms with Crippen LogP contribution in [0.4, 0.5) is 0 Å². The van der Waals surface area contributed by atoms with Crippen LogP contribution in [0.15, 0.2) is 75.4 Å². The van der Waals surface area contributed by atoms with Gasteiger partial charge in [-0.2, -0.15) is 0 Å². The number of rotatable bonds is 5. The van der Waals surface area contributed by atoms with Crippen molar-refractivity contribution in [2.45, 2.75) is 6.54 Å². The van der Waals surface area contributed by atoms with Gasteiger partial charge in [0.2, 0.25) is 5.89 Å². The Labute approximate surface area is 169 Å². The number of amides is 1. The standard InChI is InChI=1S/C21H14N4O3S/c26-20(23-11-13-5-7-22-8-6-13)14-3-4-17-15(10-14)19(25-28-17)16-12-27-21(24-16)18-2-1-9-29-18/h1-10,12H,11H2,(H,23,26). The van der Waals surface area contributed by atoms with Crippen LogP contribution in [0, 0.1) is 0 Å². The summed E-state index contributed by atoms with van der Waals surface area (Å²) in [5, 5.41) is 9.69. The molecule has 5 rings (SSSR count). The molecule has 0 spiro atoms. The van der Waals surface area contributed by atoms with Crippen molar-refractivity contribution in [1.82, 2.24) is 20.4 Å². The van der Waals surface area contributed by atoms with Crippen molar-refractivity contribution in [2.75, 3.05) is 0 Å². The molecule has 0 fully saturated rings. The van der Waals surface area contributed by atoms with E-state index < -0.39 is 0 Å². The minimum Gasteiger partial charge on any atom is -0.443 e. The molecule has 0 aliphatic heterocycles. The number of nitrogens with zero attached hydrogens (tertiary/aromatic N) is 3. The van der Waals surface area contributed by atoms with Crippen molar-refractivity contribution in [3.8, 4) is 22.2 Å². The van der Waals surface area contributed by atoms with E-state index in [1.165, 1.54) is 0 Å². The van der Waals surface area contributed by atoms with Gasteiger partial charge < -0.3 is 14.3 Å². The van der Waals surface area contributed by atoms with Crippen LogP contribution in [0.3, 0.4) is 0 Å². The highest BCUT2D eigenvalue weighted by Crippen LogP contribution is 2.31. The molecule has 7 nitrogen and oxygen atoms in total. The number of hydrogen-bond donors (Lipinski definition) is 1. The number of nitrogens with one attached hydrogen (secondary N) is 1. The molecule has 0 saturated carbocycles. The van der Waals surface area contributed by atoms with Gasteiger partial charge >= 0.3 is 0 Å². The summed E-state index contributed by atoms with van der Waals surface area (Å²) < 4.78 is 11.0. The van der Waals surface area contributed by atoms with Gasteiger partial charge in [-0.3, -0.25) is 9.78 Å². The van der Waals surface area contributed by atoms with Crippen LogP contribution in [0.2, 0.25) is 0 Å². The van der Waals surface area contributed by atoms with Crippen LogP contribution < -0.4 is 5.32 Å². The molecule has 29 heavy (non-hydrogen) atoms. The zero-order chi connectivity index (χ0) is 19.6. The lowest BCUT2D eigenvalue weighted by Gasteiger charge is -2.05. The summed E-state index contributed by atoms with van der Waals surface area (Å²) >= 11 is 1.54. The van der Waals surface area contributed by atoms with Crippen LogP contribution in [-0.2, 0) is 6.54 Å². The summed E-state index contributed by atoms with van der Waals surface area (Å²) in [4.78, 5) is 22.0. The van der Waals surface area contributed by atoms with Gasteiger partial charge in [0, 0.05) is 24.5 Å². The topological polar surface area (TPSA) is 94.1 Å². The second-order valence-corrected chi connectivity index (χ2v) is 7.24. The Bertz CT molecular complexity index is 1280. The zero-order valence-electron chi connectivity index (χ0n) is 15.0. The summed E-state index contributed by atoms with van der Waals surface area (Å²) in [6.07, 6.45) is 4.93. The zero-order valence-corrected chi connectivity index (χ0v) is 15.8. The number of aromatic nitrogens is 3. The molecule has 0 unspecified atom stereocenters. The van der Waals surface area contributed by atoms with Crippen LogP contribution in [0.5, 0.6) is 0 Å². The number of fused-ring (bicyclic) bond motifs is 1. The van der Waals surface area contributed by atoms with Gasteiger partial charge in [-0.1, -0.05) is 11.2 Å². The third-order valence-electron chi connectivity index (χ3n) is 4.41. The fraction of sp³-hybridized carbons (Fsp3) is 0.0476. The highest BCUT2D eigenvalue weighted by atomic mass is 32.1. The van der Waals surface area contributed by atoms with E-state index in [1.54, 1.807) is 48.2 Å². The summed E-state index contributed by atoms with van der Waals surface area (Å²) in [5.74, 6) is 0.340. The lowest BCUT2D eigenvalue weighted by molar-refractivity contribution is 0.0951. The normalized spacial score (nSPS) is 11.0. The number of carbonyl (C=O) groups is 1. The van der Waals surface area contributed by atoms with E-state index in [1.807, 2.05) is 29.6 Å². The predicted octanol–water partition coefficient (Wildman–Crippen LogP) is 4.54. The van der Waals surface area contributed by atoms with Crippen LogP contribution >= 0.6 is 11.3 Å². The fourth-order valence-electron chi connectivity index (χ4n) is 2.95. The van der Waals surface area contributed by atoms with E-state index in [9.17, 15) is 4.79 Å². The Kier molecular flexibility index (Phi) is 4.38. The summed E-state index contributed by atoms with van der Waals surface area (Å²) in [7, 11) is 0. The first-order valence-corrected chi connectivity index (χ1v) is 9.72. The molecule has 0 bridgehead atoms.